The number of piperazine rings is 1. The van der Waals surface area contributed by atoms with E-state index in [4.69, 9.17) is 9.47 Å². The van der Waals surface area contributed by atoms with E-state index in [1.54, 1.807) is 17.0 Å². The quantitative estimate of drug-likeness (QED) is 0.221. The molecule has 46 heavy (non-hydrogen) atoms. The molecule has 3 aromatic rings. The Balaban J connectivity index is 0.891. The van der Waals surface area contributed by atoms with Crippen LogP contribution in [0.4, 0.5) is 0 Å². The number of phenolic OH excluding ortho intramolecular Hbond substituents is 1. The van der Waals surface area contributed by atoms with Crippen LogP contribution in [-0.4, -0.2) is 89.4 Å². The number of nitrogens with one attached hydrogen (secondary N) is 1. The Morgan fingerprint density at radius 2 is 1.80 bits per heavy atom. The SMILES string of the molecule is CC1=C(/C=C(\C)N2CCN(CCCCOc3ccc(Oc4csc5cc(O)ccc45)cc3)CC2)CN(C2CCC(=O)NC2=O)C1=O. The molecule has 10 nitrogen and oxygen atoms in total. The minimum atomic E-state index is -0.587. The van der Waals surface area contributed by atoms with Crippen molar-refractivity contribution in [2.75, 3.05) is 45.9 Å². The second-order valence-corrected chi connectivity index (χ2v) is 13.0. The molecule has 3 aliphatic heterocycles. The van der Waals surface area contributed by atoms with Gasteiger partial charge in [0.1, 0.15) is 29.0 Å². The normalized spacial score (nSPS) is 19.7. The maximum absolute atomic E-state index is 12.9. The molecule has 1 aromatic heterocycles. The number of hydrogen-bond donors (Lipinski definition) is 2. The largest absolute Gasteiger partial charge is 0.508 e. The van der Waals surface area contributed by atoms with Crippen LogP contribution in [0, 0.1) is 0 Å². The molecule has 3 aliphatic rings. The lowest BCUT2D eigenvalue weighted by atomic mass is 10.0. The van der Waals surface area contributed by atoms with Crippen molar-refractivity contribution in [1.82, 2.24) is 20.0 Å². The Morgan fingerprint density at radius 3 is 2.57 bits per heavy atom. The molecule has 4 heterocycles. The Kier molecular flexibility index (Phi) is 9.60. The van der Waals surface area contributed by atoms with Gasteiger partial charge >= 0.3 is 0 Å². The van der Waals surface area contributed by atoms with Crippen LogP contribution < -0.4 is 14.8 Å². The Morgan fingerprint density at radius 1 is 1.04 bits per heavy atom. The van der Waals surface area contributed by atoms with E-state index in [9.17, 15) is 19.5 Å². The predicted molar refractivity (Wildman–Crippen MR) is 177 cm³/mol. The van der Waals surface area contributed by atoms with Gasteiger partial charge in [-0.25, -0.2) is 0 Å². The highest BCUT2D eigenvalue weighted by molar-refractivity contribution is 7.17. The lowest BCUT2D eigenvalue weighted by Gasteiger charge is -2.36. The number of ether oxygens (including phenoxy) is 2. The summed E-state index contributed by atoms with van der Waals surface area (Å²) < 4.78 is 13.0. The summed E-state index contributed by atoms with van der Waals surface area (Å²) in [5.74, 6) is 1.80. The Hall–Kier alpha value is -4.35. The first-order chi connectivity index (χ1) is 22.2. The molecule has 242 valence electrons. The number of benzene rings is 2. The third-order valence-corrected chi connectivity index (χ3v) is 9.88. The van der Waals surface area contributed by atoms with Gasteiger partial charge < -0.3 is 24.4 Å². The van der Waals surface area contributed by atoms with E-state index in [-0.39, 0.29) is 29.9 Å². The van der Waals surface area contributed by atoms with Crippen molar-refractivity contribution in [3.63, 3.8) is 0 Å². The van der Waals surface area contributed by atoms with E-state index in [2.05, 4.69) is 28.1 Å². The zero-order valence-corrected chi connectivity index (χ0v) is 27.1. The van der Waals surface area contributed by atoms with Crippen molar-refractivity contribution < 1.29 is 29.0 Å². The van der Waals surface area contributed by atoms with Gasteiger partial charge in [-0.3, -0.25) is 24.6 Å². The number of nitrogens with zero attached hydrogens (tertiary/aromatic N) is 3. The number of amides is 3. The minimum Gasteiger partial charge on any atom is -0.508 e. The molecule has 2 N–H and O–H groups in total. The number of piperidine rings is 1. The van der Waals surface area contributed by atoms with Crippen molar-refractivity contribution >= 4 is 39.1 Å². The van der Waals surface area contributed by atoms with Gasteiger partial charge in [0.05, 0.1) is 6.61 Å². The third kappa shape index (κ3) is 7.21. The van der Waals surface area contributed by atoms with Gasteiger partial charge in [0, 0.05) is 65.9 Å². The van der Waals surface area contributed by atoms with Gasteiger partial charge in [-0.05, 0) is 93.8 Å². The number of thiophene rings is 1. The van der Waals surface area contributed by atoms with Crippen molar-refractivity contribution in [2.45, 2.75) is 45.6 Å². The number of allylic oxidation sites excluding steroid dienone is 1. The van der Waals surface area contributed by atoms with Gasteiger partial charge in [-0.1, -0.05) is 0 Å². The number of phenols is 1. The maximum atomic E-state index is 12.9. The van der Waals surface area contributed by atoms with Gasteiger partial charge in [0.25, 0.3) is 5.91 Å². The highest BCUT2D eigenvalue weighted by Gasteiger charge is 2.38. The second kappa shape index (κ2) is 14.0. The minimum absolute atomic E-state index is 0.126. The summed E-state index contributed by atoms with van der Waals surface area (Å²) in [6.07, 6.45) is 4.74. The van der Waals surface area contributed by atoms with E-state index in [0.29, 0.717) is 25.1 Å². The predicted octanol–water partition coefficient (Wildman–Crippen LogP) is 5.04. The summed E-state index contributed by atoms with van der Waals surface area (Å²) in [6.45, 7) is 9.79. The Bertz CT molecular complexity index is 1670. The highest BCUT2D eigenvalue weighted by Crippen LogP contribution is 2.37. The summed E-state index contributed by atoms with van der Waals surface area (Å²) in [7, 11) is 0. The highest BCUT2D eigenvalue weighted by atomic mass is 32.1. The van der Waals surface area contributed by atoms with Crippen LogP contribution in [0.2, 0.25) is 0 Å². The fourth-order valence-corrected chi connectivity index (χ4v) is 7.10. The number of aromatic hydroxyl groups is 1. The molecule has 0 aliphatic carbocycles. The van der Waals surface area contributed by atoms with Crippen LogP contribution in [0.25, 0.3) is 10.1 Å². The summed E-state index contributed by atoms with van der Waals surface area (Å²) in [6, 6.07) is 12.4. The molecule has 3 amide bonds. The molecule has 2 saturated heterocycles. The molecule has 2 fully saturated rings. The van der Waals surface area contributed by atoms with Crippen molar-refractivity contribution in [3.8, 4) is 23.0 Å². The second-order valence-electron chi connectivity index (χ2n) is 12.1. The van der Waals surface area contributed by atoms with E-state index >= 15 is 0 Å². The van der Waals surface area contributed by atoms with Gasteiger partial charge in [-0.15, -0.1) is 11.3 Å². The number of hydrogen-bond acceptors (Lipinski definition) is 9. The van der Waals surface area contributed by atoms with E-state index in [0.717, 1.165) is 84.2 Å². The van der Waals surface area contributed by atoms with Crippen LogP contribution in [0.15, 0.2) is 70.8 Å². The maximum Gasteiger partial charge on any atom is 0.250 e. The summed E-state index contributed by atoms with van der Waals surface area (Å²) in [5, 5.41) is 15.0. The monoisotopic (exact) mass is 644 g/mol. The van der Waals surface area contributed by atoms with Crippen LogP contribution in [-0.2, 0) is 14.4 Å². The molecule has 1 atom stereocenters. The zero-order chi connectivity index (χ0) is 32.2. The lowest BCUT2D eigenvalue weighted by Crippen LogP contribution is -2.53. The van der Waals surface area contributed by atoms with Crippen molar-refractivity contribution in [1.29, 1.82) is 0 Å². The zero-order valence-electron chi connectivity index (χ0n) is 26.3. The van der Waals surface area contributed by atoms with Gasteiger partial charge in [0.15, 0.2) is 0 Å². The number of carbonyl (C=O) groups excluding carboxylic acids is 3. The van der Waals surface area contributed by atoms with Crippen molar-refractivity contribution in [3.05, 3.63) is 70.8 Å². The first-order valence-corrected chi connectivity index (χ1v) is 16.7. The Labute approximate surface area is 272 Å². The number of imide groups is 1. The molecule has 6 rings (SSSR count). The molecular formula is C35H40N4O6S. The molecule has 2 aromatic carbocycles. The molecule has 0 spiro atoms. The fourth-order valence-electron chi connectivity index (χ4n) is 6.21. The summed E-state index contributed by atoms with van der Waals surface area (Å²) in [4.78, 5) is 43.2. The molecule has 0 bridgehead atoms. The van der Waals surface area contributed by atoms with Crippen molar-refractivity contribution in [2.24, 2.45) is 0 Å². The number of rotatable bonds is 11. The van der Waals surface area contributed by atoms with E-state index in [1.807, 2.05) is 42.6 Å². The van der Waals surface area contributed by atoms with Crippen LogP contribution >= 0.6 is 11.3 Å². The number of fused-ring (bicyclic) bond motifs is 1. The number of unbranched alkanes of at least 4 members (excludes halogenated alkanes) is 1. The number of carbonyl (C=O) groups is 3. The van der Waals surface area contributed by atoms with Crippen LogP contribution in [0.3, 0.4) is 0 Å². The summed E-state index contributed by atoms with van der Waals surface area (Å²) >= 11 is 1.54. The topological polar surface area (TPSA) is 112 Å². The fraction of sp³-hybridized carbons (Fsp3) is 0.400. The average molecular weight is 645 g/mol. The lowest BCUT2D eigenvalue weighted by molar-refractivity contribution is -0.142. The molecule has 1 unspecified atom stereocenters. The molecule has 0 radical (unpaired) electrons. The first kappa shape index (κ1) is 31.6. The van der Waals surface area contributed by atoms with E-state index in [1.165, 1.54) is 11.3 Å². The van der Waals surface area contributed by atoms with Crippen LogP contribution in [0.1, 0.15) is 39.5 Å². The van der Waals surface area contributed by atoms with Gasteiger partial charge in [-0.2, -0.15) is 0 Å². The molecular weight excluding hydrogens is 604 g/mol. The van der Waals surface area contributed by atoms with E-state index < -0.39 is 6.04 Å². The molecule has 0 saturated carbocycles. The molecule has 11 heteroatoms. The van der Waals surface area contributed by atoms with Crippen LogP contribution in [0.5, 0.6) is 23.0 Å². The third-order valence-electron chi connectivity index (χ3n) is 8.96. The first-order valence-electron chi connectivity index (χ1n) is 15.9. The standard InChI is InChI=1S/C35H40N4O6S/c1-23(19-25-21-39(35(43)24(25)2)30-11-12-33(41)36-34(30)42)38-16-14-37(15-17-38)13-3-4-18-44-27-6-8-28(9-7-27)45-31-22-46-32-20-26(40)5-10-29(31)32/h5-10,19-20,22,30,40H,3-4,11-18,21H2,1-2H3,(H,36,41,42)/b23-19+. The smallest absolute Gasteiger partial charge is 0.250 e. The van der Waals surface area contributed by atoms with Gasteiger partial charge in [0.2, 0.25) is 11.8 Å². The average Bonchev–Trinajstić information content (AvgIpc) is 3.57. The summed E-state index contributed by atoms with van der Waals surface area (Å²) in [5.41, 5.74) is 2.74.